The van der Waals surface area contributed by atoms with Crippen LogP contribution in [0.4, 0.5) is 0 Å². The molecule has 1 aromatic heterocycles. The summed E-state index contributed by atoms with van der Waals surface area (Å²) in [5, 5.41) is 8.93. The zero-order chi connectivity index (χ0) is 13.1. The predicted octanol–water partition coefficient (Wildman–Crippen LogP) is 1.75. The maximum Gasteiger partial charge on any atom is 0.372 e. The lowest BCUT2D eigenvalue weighted by molar-refractivity contribution is 0.0657. The van der Waals surface area contributed by atoms with Crippen LogP contribution in [0, 0.1) is 12.8 Å². The van der Waals surface area contributed by atoms with Crippen LogP contribution in [0.25, 0.3) is 0 Å². The molecule has 1 saturated heterocycles. The van der Waals surface area contributed by atoms with Gasteiger partial charge in [-0.3, -0.25) is 4.90 Å². The monoisotopic (exact) mass is 253 g/mol. The van der Waals surface area contributed by atoms with E-state index in [1.54, 1.807) is 14.0 Å². The predicted molar refractivity (Wildman–Crippen MR) is 65.7 cm³/mol. The molecule has 1 fully saturated rings. The number of carboxylic acid groups (broad SMARTS) is 1. The first-order chi connectivity index (χ1) is 8.60. The Morgan fingerprint density at radius 3 is 3.06 bits per heavy atom. The number of hydrogen-bond donors (Lipinski definition) is 1. The molecule has 1 N–H and O–H groups in total. The fourth-order valence-electron chi connectivity index (χ4n) is 2.49. The smallest absolute Gasteiger partial charge is 0.372 e. The van der Waals surface area contributed by atoms with Crippen LogP contribution in [-0.2, 0) is 11.3 Å². The van der Waals surface area contributed by atoms with Crippen LogP contribution in [0.2, 0.25) is 0 Å². The van der Waals surface area contributed by atoms with Crippen LogP contribution in [0.15, 0.2) is 10.5 Å². The van der Waals surface area contributed by atoms with Crippen LogP contribution >= 0.6 is 0 Å². The van der Waals surface area contributed by atoms with E-state index in [1.165, 1.54) is 0 Å². The average molecular weight is 253 g/mol. The second-order valence-corrected chi connectivity index (χ2v) is 4.88. The van der Waals surface area contributed by atoms with Crippen LogP contribution in [0.5, 0.6) is 0 Å². The lowest BCUT2D eigenvalue weighted by Crippen LogP contribution is -2.21. The van der Waals surface area contributed by atoms with Crippen molar-refractivity contribution >= 4 is 5.97 Å². The van der Waals surface area contributed by atoms with Gasteiger partial charge in [0.1, 0.15) is 5.76 Å². The first-order valence-electron chi connectivity index (χ1n) is 6.14. The van der Waals surface area contributed by atoms with Gasteiger partial charge in [-0.25, -0.2) is 4.79 Å². The second-order valence-electron chi connectivity index (χ2n) is 4.88. The lowest BCUT2D eigenvalue weighted by atomic mass is 10.1. The van der Waals surface area contributed by atoms with Gasteiger partial charge in [0.2, 0.25) is 5.76 Å². The molecule has 0 saturated carbocycles. The van der Waals surface area contributed by atoms with Crippen LogP contribution < -0.4 is 0 Å². The largest absolute Gasteiger partial charge is 0.475 e. The van der Waals surface area contributed by atoms with Gasteiger partial charge < -0.3 is 14.3 Å². The first kappa shape index (κ1) is 13.1. The molecule has 0 bridgehead atoms. The summed E-state index contributed by atoms with van der Waals surface area (Å²) in [4.78, 5) is 13.2. The van der Waals surface area contributed by atoms with Crippen molar-refractivity contribution in [1.82, 2.24) is 4.90 Å². The zero-order valence-electron chi connectivity index (χ0n) is 10.8. The quantitative estimate of drug-likeness (QED) is 0.866. The highest BCUT2D eigenvalue weighted by Crippen LogP contribution is 2.21. The third-order valence-electron chi connectivity index (χ3n) is 3.31. The van der Waals surface area contributed by atoms with Crippen molar-refractivity contribution in [2.45, 2.75) is 19.9 Å². The number of rotatable bonds is 5. The highest BCUT2D eigenvalue weighted by molar-refractivity contribution is 5.86. The summed E-state index contributed by atoms with van der Waals surface area (Å²) in [5.41, 5.74) is 0.685. The van der Waals surface area contributed by atoms with Crippen molar-refractivity contribution in [2.75, 3.05) is 26.8 Å². The number of furan rings is 1. The molecule has 5 heteroatoms. The second kappa shape index (κ2) is 5.54. The van der Waals surface area contributed by atoms with E-state index in [-0.39, 0.29) is 5.76 Å². The molecule has 0 aromatic carbocycles. The van der Waals surface area contributed by atoms with Crippen molar-refractivity contribution in [2.24, 2.45) is 5.92 Å². The number of ether oxygens (including phenoxy) is 1. The van der Waals surface area contributed by atoms with Crippen LogP contribution in [0.3, 0.4) is 0 Å². The van der Waals surface area contributed by atoms with E-state index in [4.69, 9.17) is 14.3 Å². The molecule has 18 heavy (non-hydrogen) atoms. The molecule has 0 radical (unpaired) electrons. The van der Waals surface area contributed by atoms with Crippen molar-refractivity contribution in [3.63, 3.8) is 0 Å². The van der Waals surface area contributed by atoms with E-state index in [9.17, 15) is 4.79 Å². The Labute approximate surface area is 106 Å². The molecular weight excluding hydrogens is 234 g/mol. The number of likely N-dealkylation sites (tertiary alicyclic amines) is 1. The normalized spacial score (nSPS) is 20.4. The summed E-state index contributed by atoms with van der Waals surface area (Å²) in [6, 6.07) is 1.81. The fourth-order valence-corrected chi connectivity index (χ4v) is 2.49. The van der Waals surface area contributed by atoms with Crippen LogP contribution in [-0.4, -0.2) is 42.8 Å². The Hall–Kier alpha value is -1.33. The summed E-state index contributed by atoms with van der Waals surface area (Å²) in [6.45, 7) is 5.21. The van der Waals surface area contributed by atoms with Gasteiger partial charge in [-0.1, -0.05) is 0 Å². The van der Waals surface area contributed by atoms with E-state index < -0.39 is 5.97 Å². The number of aromatic carboxylic acids is 1. The Morgan fingerprint density at radius 1 is 1.67 bits per heavy atom. The van der Waals surface area contributed by atoms with Gasteiger partial charge in [-0.15, -0.1) is 0 Å². The molecule has 1 aromatic rings. The molecule has 1 aliphatic rings. The van der Waals surface area contributed by atoms with E-state index in [0.29, 0.717) is 18.0 Å². The van der Waals surface area contributed by atoms with Gasteiger partial charge in [-0.05, 0) is 31.9 Å². The average Bonchev–Trinajstić information content (AvgIpc) is 2.87. The molecule has 0 spiro atoms. The SMILES string of the molecule is COCC1CCN(Cc2cc(C)c(C(=O)O)o2)C1. The lowest BCUT2D eigenvalue weighted by Gasteiger charge is -2.13. The van der Waals surface area contributed by atoms with E-state index in [0.717, 1.165) is 31.9 Å². The van der Waals surface area contributed by atoms with E-state index in [1.807, 2.05) is 6.07 Å². The number of carboxylic acids is 1. The highest BCUT2D eigenvalue weighted by Gasteiger charge is 2.24. The Balaban J connectivity index is 1.94. The van der Waals surface area contributed by atoms with Gasteiger partial charge in [0.25, 0.3) is 0 Å². The van der Waals surface area contributed by atoms with Crippen molar-refractivity contribution < 1.29 is 19.1 Å². The molecule has 0 aliphatic carbocycles. The summed E-state index contributed by atoms with van der Waals surface area (Å²) in [6.07, 6.45) is 1.12. The van der Waals surface area contributed by atoms with E-state index >= 15 is 0 Å². The molecule has 100 valence electrons. The minimum Gasteiger partial charge on any atom is -0.475 e. The van der Waals surface area contributed by atoms with Gasteiger partial charge in [-0.2, -0.15) is 0 Å². The zero-order valence-corrected chi connectivity index (χ0v) is 10.8. The first-order valence-corrected chi connectivity index (χ1v) is 6.14. The maximum atomic E-state index is 10.9. The van der Waals surface area contributed by atoms with Crippen molar-refractivity contribution in [3.8, 4) is 0 Å². The minimum absolute atomic E-state index is 0.0534. The van der Waals surface area contributed by atoms with Gasteiger partial charge in [0.15, 0.2) is 0 Å². The fraction of sp³-hybridized carbons (Fsp3) is 0.615. The topological polar surface area (TPSA) is 62.9 Å². The van der Waals surface area contributed by atoms with E-state index in [2.05, 4.69) is 4.90 Å². The highest BCUT2D eigenvalue weighted by atomic mass is 16.5. The number of aryl methyl sites for hydroxylation is 1. The summed E-state index contributed by atoms with van der Waals surface area (Å²) >= 11 is 0. The summed E-state index contributed by atoms with van der Waals surface area (Å²) < 4.78 is 10.5. The molecule has 5 nitrogen and oxygen atoms in total. The van der Waals surface area contributed by atoms with Crippen molar-refractivity contribution in [1.29, 1.82) is 0 Å². The van der Waals surface area contributed by atoms with Crippen LogP contribution in [0.1, 0.15) is 28.3 Å². The minimum atomic E-state index is -1.00. The molecule has 0 amide bonds. The Morgan fingerprint density at radius 2 is 2.44 bits per heavy atom. The molecule has 2 heterocycles. The number of carbonyl (C=O) groups is 1. The third kappa shape index (κ3) is 2.91. The molecule has 1 unspecified atom stereocenters. The van der Waals surface area contributed by atoms with Gasteiger partial charge in [0, 0.05) is 19.2 Å². The summed E-state index contributed by atoms with van der Waals surface area (Å²) in [7, 11) is 1.72. The molecule has 1 aliphatic heterocycles. The molecule has 2 rings (SSSR count). The third-order valence-corrected chi connectivity index (χ3v) is 3.31. The molecular formula is C13H19NO4. The molecule has 1 atom stereocenters. The Kier molecular flexibility index (Phi) is 4.04. The maximum absolute atomic E-state index is 10.9. The number of nitrogens with zero attached hydrogens (tertiary/aromatic N) is 1. The Bertz CT molecular complexity index is 427. The standard InChI is InChI=1S/C13H19NO4/c1-9-5-11(18-12(9)13(15)16)7-14-4-3-10(6-14)8-17-2/h5,10H,3-4,6-8H2,1-2H3,(H,15,16). The number of methoxy groups -OCH3 is 1. The summed E-state index contributed by atoms with van der Waals surface area (Å²) in [5.74, 6) is 0.350. The van der Waals surface area contributed by atoms with Gasteiger partial charge in [0.05, 0.1) is 13.2 Å². The van der Waals surface area contributed by atoms with Crippen molar-refractivity contribution in [3.05, 3.63) is 23.2 Å². The number of hydrogen-bond acceptors (Lipinski definition) is 4. The van der Waals surface area contributed by atoms with Gasteiger partial charge >= 0.3 is 5.97 Å².